The van der Waals surface area contributed by atoms with E-state index in [1.807, 2.05) is 4.72 Å². The summed E-state index contributed by atoms with van der Waals surface area (Å²) in [5.74, 6) is -7.37. The highest BCUT2D eigenvalue weighted by molar-refractivity contribution is 7.89. The van der Waals surface area contributed by atoms with Gasteiger partial charge in [0.2, 0.25) is 15.9 Å². The largest absolute Gasteiger partial charge is 0.490 e. The molecule has 3 aromatic rings. The summed E-state index contributed by atoms with van der Waals surface area (Å²) in [5, 5.41) is 8.33. The molecule has 6 rings (SSSR count). The quantitative estimate of drug-likeness (QED) is 0.204. The highest BCUT2D eigenvalue weighted by Gasteiger charge is 2.64. The van der Waals surface area contributed by atoms with Gasteiger partial charge in [0.1, 0.15) is 5.75 Å². The van der Waals surface area contributed by atoms with E-state index in [0.29, 0.717) is 29.4 Å². The highest BCUT2D eigenvalue weighted by Crippen LogP contribution is 2.59. The maximum absolute atomic E-state index is 16.3. The van der Waals surface area contributed by atoms with Gasteiger partial charge in [-0.05, 0) is 92.0 Å². The van der Waals surface area contributed by atoms with E-state index in [1.165, 1.54) is 12.1 Å². The average molecular weight is 780 g/mol. The summed E-state index contributed by atoms with van der Waals surface area (Å²) in [6.45, 7) is 0.116. The number of nitrogens with zero attached hydrogens (tertiary/aromatic N) is 1. The monoisotopic (exact) mass is 779 g/mol. The normalized spacial score (nSPS) is 19.0. The van der Waals surface area contributed by atoms with E-state index in [2.05, 4.69) is 0 Å². The summed E-state index contributed by atoms with van der Waals surface area (Å²) < 4.78 is 140. The third kappa shape index (κ3) is 9.03. The Hall–Kier alpha value is -4.03. The topological polar surface area (TPSA) is 139 Å². The van der Waals surface area contributed by atoms with Gasteiger partial charge in [-0.15, -0.1) is 0 Å². The fourth-order valence-electron chi connectivity index (χ4n) is 6.49. The molecular weight excluding hydrogens is 742 g/mol. The smallest absolute Gasteiger partial charge is 0.490 e. The minimum Gasteiger partial charge on any atom is -0.490 e. The number of aliphatic carboxylic acids is 1. The first-order chi connectivity index (χ1) is 24.6. The number of carboxylic acids is 1. The van der Waals surface area contributed by atoms with Crippen molar-refractivity contribution in [1.29, 1.82) is 0 Å². The van der Waals surface area contributed by atoms with Crippen molar-refractivity contribution >= 4 is 32.7 Å². The van der Waals surface area contributed by atoms with Gasteiger partial charge >= 0.3 is 18.3 Å². The minimum atomic E-state index is -5.08. The maximum atomic E-state index is 16.3. The number of benzene rings is 3. The zero-order valence-electron chi connectivity index (χ0n) is 28.0. The van der Waals surface area contributed by atoms with E-state index in [4.69, 9.17) is 20.4 Å². The number of hydrogen-bond acceptors (Lipinski definition) is 6. The lowest BCUT2D eigenvalue weighted by Gasteiger charge is -2.35. The third-order valence-corrected chi connectivity index (χ3v) is 11.2. The van der Waals surface area contributed by atoms with E-state index >= 15 is 8.78 Å². The van der Waals surface area contributed by atoms with Gasteiger partial charge in [0.05, 0.1) is 16.4 Å². The molecule has 4 N–H and O–H groups in total. The molecule has 1 amide bonds. The van der Waals surface area contributed by atoms with Crippen LogP contribution in [0.4, 0.5) is 35.1 Å². The molecule has 1 atom stereocenters. The number of nitrogens with two attached hydrogens (primary N) is 1. The van der Waals surface area contributed by atoms with E-state index in [0.717, 1.165) is 54.8 Å². The maximum Gasteiger partial charge on any atom is 0.490 e. The van der Waals surface area contributed by atoms with Gasteiger partial charge in [-0.2, -0.15) is 39.8 Å². The molecular formula is C35H37F8N3O6S. The zero-order valence-corrected chi connectivity index (χ0v) is 28.8. The number of ether oxygens (including phenoxy) is 1. The lowest BCUT2D eigenvalue weighted by molar-refractivity contribution is -0.192. The second-order valence-corrected chi connectivity index (χ2v) is 15.2. The van der Waals surface area contributed by atoms with Crippen LogP contribution in [0.15, 0.2) is 65.6 Å². The number of amides is 1. The van der Waals surface area contributed by atoms with Crippen molar-refractivity contribution < 1.29 is 63.0 Å². The van der Waals surface area contributed by atoms with Crippen molar-refractivity contribution in [3.8, 4) is 5.75 Å². The Labute approximate surface area is 299 Å². The van der Waals surface area contributed by atoms with Crippen molar-refractivity contribution in [2.24, 2.45) is 5.73 Å². The number of rotatable bonds is 9. The molecule has 1 unspecified atom stereocenters. The molecule has 18 heteroatoms. The fraction of sp³-hybridized carbons (Fsp3) is 0.486. The number of sulfonamides is 1. The summed E-state index contributed by atoms with van der Waals surface area (Å²) in [5.41, 5.74) is 2.91. The number of hydrogen-bond donors (Lipinski definition) is 3. The van der Waals surface area contributed by atoms with E-state index in [9.17, 15) is 39.6 Å². The Morgan fingerprint density at radius 1 is 0.849 bits per heavy atom. The van der Waals surface area contributed by atoms with Crippen LogP contribution in [0.2, 0.25) is 0 Å². The van der Waals surface area contributed by atoms with Gasteiger partial charge in [-0.3, -0.25) is 4.79 Å². The molecule has 1 heterocycles. The Morgan fingerprint density at radius 3 is 1.92 bits per heavy atom. The Morgan fingerprint density at radius 2 is 1.40 bits per heavy atom. The molecule has 2 aliphatic carbocycles. The average Bonchev–Trinajstić information content (AvgIpc) is 3.77. The summed E-state index contributed by atoms with van der Waals surface area (Å²) in [4.78, 5) is 23.3. The predicted octanol–water partition coefficient (Wildman–Crippen LogP) is 6.78. The van der Waals surface area contributed by atoms with Crippen LogP contribution in [0.3, 0.4) is 0 Å². The first-order valence-electron chi connectivity index (χ1n) is 16.8. The molecule has 9 nitrogen and oxygen atoms in total. The number of carbonyl (C=O) groups excluding carboxylic acids is 1. The van der Waals surface area contributed by atoms with Crippen LogP contribution in [-0.2, 0) is 30.9 Å². The summed E-state index contributed by atoms with van der Waals surface area (Å²) >= 11 is 0. The van der Waals surface area contributed by atoms with Crippen molar-refractivity contribution in [3.05, 3.63) is 71.8 Å². The first-order valence-corrected chi connectivity index (χ1v) is 18.3. The van der Waals surface area contributed by atoms with E-state index in [1.54, 1.807) is 24.3 Å². The van der Waals surface area contributed by atoms with Crippen molar-refractivity contribution in [1.82, 2.24) is 9.62 Å². The molecule has 1 aliphatic heterocycles. The lowest BCUT2D eigenvalue weighted by atomic mass is 9.92. The predicted molar refractivity (Wildman–Crippen MR) is 176 cm³/mol. The van der Waals surface area contributed by atoms with Crippen LogP contribution in [0.1, 0.15) is 62.5 Å². The summed E-state index contributed by atoms with van der Waals surface area (Å²) in [6, 6.07) is 10.2. The number of carbonyl (C=O) groups is 2. The van der Waals surface area contributed by atoms with E-state index in [-0.39, 0.29) is 48.5 Å². The molecule has 0 bridgehead atoms. The molecule has 290 valence electrons. The molecule has 3 fully saturated rings. The molecule has 0 spiro atoms. The van der Waals surface area contributed by atoms with Crippen molar-refractivity contribution in [2.75, 3.05) is 13.1 Å². The minimum absolute atomic E-state index is 0.0581. The Bertz CT molecular complexity index is 1900. The molecule has 53 heavy (non-hydrogen) atoms. The SMILES string of the molecule is NC1CCN(C(=O)C(NS(=O)(=O)c2ccc3cc(OC4CCCC4)ccc3c2)C(F)(F)c2ccc(C3(C(F)(F)F)CC3)cc2)CC1.O=C(O)C(F)(F)F. The summed E-state index contributed by atoms with van der Waals surface area (Å²) in [7, 11) is -4.69. The van der Waals surface area contributed by atoms with Crippen LogP contribution in [-0.4, -0.2) is 73.9 Å². The second kappa shape index (κ2) is 15.0. The number of alkyl halides is 8. The van der Waals surface area contributed by atoms with Gasteiger partial charge < -0.3 is 20.5 Å². The lowest BCUT2D eigenvalue weighted by Crippen LogP contribution is -2.58. The molecule has 0 radical (unpaired) electrons. The Kier molecular flexibility index (Phi) is 11.4. The highest BCUT2D eigenvalue weighted by atomic mass is 32.2. The standard InChI is InChI=1S/C33H36F5N3O4S.C2HF3O2/c34-32(35,24-9-7-23(8-10-24)31(15-16-31)33(36,37)38)29(30(42)41-17-13-25(39)14-18-41)40-46(43,44)28-12-6-21-19-27(11-5-22(21)20-28)45-26-3-1-2-4-26;3-2(4,5)1(6)7/h5-12,19-20,25-26,29,40H,1-4,13-18,39H2;(H,6,7). The molecule has 1 saturated heterocycles. The van der Waals surface area contributed by atoms with Crippen LogP contribution in [0.25, 0.3) is 10.8 Å². The second-order valence-electron chi connectivity index (χ2n) is 13.5. The van der Waals surface area contributed by atoms with Gasteiger partial charge in [0.15, 0.2) is 6.04 Å². The summed E-state index contributed by atoms with van der Waals surface area (Å²) in [6.07, 6.45) is -4.95. The van der Waals surface area contributed by atoms with Crippen LogP contribution in [0.5, 0.6) is 5.75 Å². The zero-order chi connectivity index (χ0) is 39.0. The molecule has 3 aromatic carbocycles. The third-order valence-electron chi connectivity index (χ3n) is 9.79. The number of carboxylic acid groups (broad SMARTS) is 1. The van der Waals surface area contributed by atoms with Crippen molar-refractivity contribution in [2.45, 2.75) is 98.1 Å². The first kappa shape index (κ1) is 40.2. The molecule has 3 aliphatic rings. The number of piperidine rings is 1. The van der Waals surface area contributed by atoms with Gasteiger partial charge in [0.25, 0.3) is 5.92 Å². The number of nitrogens with one attached hydrogen (secondary N) is 1. The van der Waals surface area contributed by atoms with Crippen LogP contribution in [0, 0.1) is 0 Å². The number of fused-ring (bicyclic) bond motifs is 1. The molecule has 0 aromatic heterocycles. The van der Waals surface area contributed by atoms with Crippen LogP contribution >= 0.6 is 0 Å². The number of halogens is 8. The fourth-order valence-corrected chi connectivity index (χ4v) is 7.71. The number of likely N-dealkylation sites (tertiary alicyclic amines) is 1. The van der Waals surface area contributed by atoms with E-state index < -0.39 is 57.2 Å². The van der Waals surface area contributed by atoms with Crippen molar-refractivity contribution in [3.63, 3.8) is 0 Å². The Balaban J connectivity index is 0.000000705. The van der Waals surface area contributed by atoms with Gasteiger partial charge in [-0.25, -0.2) is 13.2 Å². The van der Waals surface area contributed by atoms with Crippen LogP contribution < -0.4 is 15.2 Å². The van der Waals surface area contributed by atoms with Gasteiger partial charge in [-0.1, -0.05) is 36.4 Å². The molecule has 2 saturated carbocycles. The van der Waals surface area contributed by atoms with Gasteiger partial charge in [0, 0.05) is 24.7 Å².